The molecule has 1 aromatic carbocycles. The van der Waals surface area contributed by atoms with Gasteiger partial charge in [-0.15, -0.1) is 18.3 Å². The van der Waals surface area contributed by atoms with Crippen LogP contribution in [0.2, 0.25) is 0 Å². The predicted molar refractivity (Wildman–Crippen MR) is 152 cm³/mol. The summed E-state index contributed by atoms with van der Waals surface area (Å²) in [7, 11) is 0. The lowest BCUT2D eigenvalue weighted by Crippen LogP contribution is -2.62. The number of hydrogen-bond donors (Lipinski definition) is 1. The zero-order chi connectivity index (χ0) is 25.7. The Bertz CT molecular complexity index is 1350. The van der Waals surface area contributed by atoms with Gasteiger partial charge in [0.15, 0.2) is 0 Å². The molecule has 1 aromatic rings. The number of nitrogens with zero attached hydrogens (tertiary/aromatic N) is 2. The van der Waals surface area contributed by atoms with Gasteiger partial charge in [0.25, 0.3) is 0 Å². The van der Waals surface area contributed by atoms with Crippen LogP contribution in [0.25, 0.3) is 5.32 Å². The minimum absolute atomic E-state index is 0.0171. The van der Waals surface area contributed by atoms with Crippen LogP contribution in [-0.4, -0.2) is 30.7 Å². The monoisotopic (exact) mass is 506 g/mol. The minimum atomic E-state index is -0.190. The number of amidine groups is 1. The summed E-state index contributed by atoms with van der Waals surface area (Å²) in [6.45, 7) is 2.84. The second-order valence-electron chi connectivity index (χ2n) is 11.2. The summed E-state index contributed by atoms with van der Waals surface area (Å²) in [6, 6.07) is 8.75. The van der Waals surface area contributed by atoms with Crippen LogP contribution in [0.4, 0.5) is 0 Å². The van der Waals surface area contributed by atoms with Crippen molar-refractivity contribution >= 4 is 5.84 Å². The van der Waals surface area contributed by atoms with Crippen molar-refractivity contribution in [2.24, 2.45) is 22.6 Å². The lowest BCUT2D eigenvalue weighted by atomic mass is 9.49. The van der Waals surface area contributed by atoms with E-state index in [1.165, 1.54) is 16.7 Å². The summed E-state index contributed by atoms with van der Waals surface area (Å²) in [5.74, 6) is 2.09. The van der Waals surface area contributed by atoms with Crippen LogP contribution in [-0.2, 0) is 10.2 Å². The number of hydrogen-bond acceptors (Lipinski definition) is 3. The largest absolute Gasteiger partial charge is 0.684 e. The Morgan fingerprint density at radius 3 is 2.92 bits per heavy atom. The molecule has 1 saturated heterocycles. The molecule has 2 N–H and O–H groups in total. The van der Waals surface area contributed by atoms with Crippen LogP contribution in [0.15, 0.2) is 100 Å². The summed E-state index contributed by atoms with van der Waals surface area (Å²) < 4.78 is 13.7. The van der Waals surface area contributed by atoms with E-state index in [1.54, 1.807) is 6.20 Å². The molecule has 0 saturated carbocycles. The molecule has 3 heterocycles. The Morgan fingerprint density at radius 1 is 1.13 bits per heavy atom. The highest BCUT2D eigenvalue weighted by Gasteiger charge is 2.61. The van der Waals surface area contributed by atoms with Gasteiger partial charge in [-0.2, -0.15) is 0 Å². The van der Waals surface area contributed by atoms with E-state index >= 15 is 0 Å². The third-order valence-electron chi connectivity index (χ3n) is 9.29. The Morgan fingerprint density at radius 2 is 2.05 bits per heavy atom. The molecular weight excluding hydrogens is 470 g/mol. The highest BCUT2D eigenvalue weighted by molar-refractivity contribution is 5.97. The smallest absolute Gasteiger partial charge is 0.126 e. The molecule has 1 spiro atoms. The highest BCUT2D eigenvalue weighted by atomic mass is 16.5. The normalized spacial score (nSPS) is 35.6. The first-order chi connectivity index (χ1) is 18.7. The maximum absolute atomic E-state index is 6.93. The molecule has 5 nitrogen and oxygen atoms in total. The van der Waals surface area contributed by atoms with E-state index < -0.39 is 0 Å². The van der Waals surface area contributed by atoms with E-state index in [0.717, 1.165) is 62.1 Å². The Kier molecular flexibility index (Phi) is 5.92. The van der Waals surface area contributed by atoms with E-state index in [4.69, 9.17) is 20.5 Å². The van der Waals surface area contributed by atoms with Gasteiger partial charge in [0.2, 0.25) is 0 Å². The van der Waals surface area contributed by atoms with Gasteiger partial charge < -0.3 is 20.5 Å². The molecule has 196 valence electrons. The van der Waals surface area contributed by atoms with E-state index in [9.17, 15) is 0 Å². The summed E-state index contributed by atoms with van der Waals surface area (Å²) in [4.78, 5) is 4.46. The summed E-state index contributed by atoms with van der Waals surface area (Å²) in [5.41, 5.74) is 12.4. The van der Waals surface area contributed by atoms with Crippen LogP contribution < -0.4 is 10.5 Å². The van der Waals surface area contributed by atoms with Crippen molar-refractivity contribution in [2.45, 2.75) is 69.2 Å². The molecule has 38 heavy (non-hydrogen) atoms. The van der Waals surface area contributed by atoms with Crippen LogP contribution in [0.1, 0.15) is 51.0 Å². The molecule has 0 bridgehead atoms. The molecule has 3 aliphatic carbocycles. The maximum Gasteiger partial charge on any atom is 0.126 e. The SMILES string of the molecule is C/C=C\N=C(N)C1=CC2OC3CCCC=C3C3(c4ccccc4OC4C=C(C5=CCC[N-]5)C=CC43)C2CC1. The number of fused-ring (bicyclic) bond motifs is 8. The first-order valence-corrected chi connectivity index (χ1v) is 14.3. The molecule has 0 aromatic heterocycles. The predicted octanol–water partition coefficient (Wildman–Crippen LogP) is 6.56. The molecular formula is C33H36N3O2-. The van der Waals surface area contributed by atoms with Crippen molar-refractivity contribution < 1.29 is 9.47 Å². The van der Waals surface area contributed by atoms with Crippen molar-refractivity contribution in [1.82, 2.24) is 0 Å². The van der Waals surface area contributed by atoms with Crippen molar-refractivity contribution in [3.05, 3.63) is 106 Å². The molecule has 5 heteroatoms. The van der Waals surface area contributed by atoms with E-state index in [0.29, 0.717) is 5.84 Å². The number of nitrogens with two attached hydrogens (primary N) is 1. The third kappa shape index (κ3) is 3.59. The number of benzene rings is 1. The molecule has 0 amide bonds. The highest BCUT2D eigenvalue weighted by Crippen LogP contribution is 2.62. The fourth-order valence-electron chi connectivity index (χ4n) is 7.81. The van der Waals surface area contributed by atoms with Gasteiger partial charge in [-0.25, -0.2) is 4.99 Å². The summed E-state index contributed by atoms with van der Waals surface area (Å²) in [5, 5.41) is 4.74. The van der Waals surface area contributed by atoms with Gasteiger partial charge in [-0.3, -0.25) is 0 Å². The molecule has 7 rings (SSSR count). The molecule has 6 aliphatic rings. The number of para-hydroxylation sites is 1. The number of aliphatic imine (C=N–C) groups is 1. The quantitative estimate of drug-likeness (QED) is 0.287. The van der Waals surface area contributed by atoms with Crippen molar-refractivity contribution in [2.75, 3.05) is 6.54 Å². The third-order valence-corrected chi connectivity index (χ3v) is 9.29. The van der Waals surface area contributed by atoms with Crippen LogP contribution in [0.3, 0.4) is 0 Å². The molecule has 3 aliphatic heterocycles. The zero-order valence-corrected chi connectivity index (χ0v) is 22.1. The van der Waals surface area contributed by atoms with E-state index in [-0.39, 0.29) is 35.6 Å². The summed E-state index contributed by atoms with van der Waals surface area (Å²) >= 11 is 0. The van der Waals surface area contributed by atoms with Crippen molar-refractivity contribution in [3.63, 3.8) is 0 Å². The van der Waals surface area contributed by atoms with Crippen LogP contribution in [0, 0.1) is 11.8 Å². The molecule has 0 radical (unpaired) electrons. The number of rotatable bonds is 3. The summed E-state index contributed by atoms with van der Waals surface area (Å²) in [6.07, 6.45) is 24.1. The van der Waals surface area contributed by atoms with E-state index in [2.05, 4.69) is 65.7 Å². The first kappa shape index (κ1) is 23.8. The Balaban J connectivity index is 1.39. The minimum Gasteiger partial charge on any atom is -0.684 e. The molecule has 6 atom stereocenters. The Hall–Kier alpha value is -3.31. The average Bonchev–Trinajstić information content (AvgIpc) is 3.50. The van der Waals surface area contributed by atoms with Gasteiger partial charge in [-0.1, -0.05) is 48.9 Å². The van der Waals surface area contributed by atoms with Gasteiger partial charge in [0, 0.05) is 29.0 Å². The Labute approximate surface area is 225 Å². The second-order valence-corrected chi connectivity index (χ2v) is 11.2. The topological polar surface area (TPSA) is 70.9 Å². The number of allylic oxidation sites excluding steroid dienone is 3. The molecule has 1 fully saturated rings. The average molecular weight is 507 g/mol. The van der Waals surface area contributed by atoms with Gasteiger partial charge in [-0.05, 0) is 74.0 Å². The second kappa shape index (κ2) is 9.46. The number of ether oxygens (including phenoxy) is 2. The fraction of sp³-hybridized carbons (Fsp3) is 0.424. The standard InChI is InChI=1S/C33H36N3O2/c1-2-17-36-32(34)22-14-16-26-31(20-22)38-29-12-6-4-9-24(29)33(26)23-8-3-5-11-28(23)37-30-19-21(13-15-25(30)33)27-10-7-18-35-27/h2-3,5,8-11,13,15,17,19-20,25-26,29-31H,4,6-7,12,14,16,18H2,1H3,(H2,34,36)/q-1/b17-2-. The lowest BCUT2D eigenvalue weighted by molar-refractivity contribution is -0.0933. The van der Waals surface area contributed by atoms with Gasteiger partial charge in [0.1, 0.15) is 17.7 Å². The van der Waals surface area contributed by atoms with Gasteiger partial charge in [0.05, 0.1) is 12.2 Å². The fourth-order valence-corrected chi connectivity index (χ4v) is 7.81. The zero-order valence-electron chi connectivity index (χ0n) is 22.1. The first-order valence-electron chi connectivity index (χ1n) is 14.3. The van der Waals surface area contributed by atoms with Crippen LogP contribution in [0.5, 0.6) is 5.75 Å². The molecule has 6 unspecified atom stereocenters. The van der Waals surface area contributed by atoms with E-state index in [1.807, 2.05) is 13.0 Å². The van der Waals surface area contributed by atoms with Crippen molar-refractivity contribution in [1.29, 1.82) is 0 Å². The lowest BCUT2D eigenvalue weighted by Gasteiger charge is -2.60. The van der Waals surface area contributed by atoms with Gasteiger partial charge >= 0.3 is 0 Å². The maximum atomic E-state index is 6.93. The van der Waals surface area contributed by atoms with Crippen molar-refractivity contribution in [3.8, 4) is 5.75 Å². The van der Waals surface area contributed by atoms with Crippen LogP contribution >= 0.6 is 0 Å².